The molecule has 2 heterocycles. The molecule has 202 valence electrons. The Hall–Kier alpha value is -4.12. The van der Waals surface area contributed by atoms with E-state index in [1.54, 1.807) is 44.6 Å². The lowest BCUT2D eigenvalue weighted by atomic mass is 9.69. The summed E-state index contributed by atoms with van der Waals surface area (Å²) in [6.07, 6.45) is 0.982. The van der Waals surface area contributed by atoms with Gasteiger partial charge in [0, 0.05) is 41.1 Å². The average molecular weight is 549 g/mol. The second-order valence-corrected chi connectivity index (χ2v) is 11.3. The van der Waals surface area contributed by atoms with Crippen LogP contribution in [0.2, 0.25) is 0 Å². The van der Waals surface area contributed by atoms with Gasteiger partial charge in [0.15, 0.2) is 10.9 Å². The zero-order chi connectivity index (χ0) is 27.9. The monoisotopic (exact) mass is 548 g/mol. The summed E-state index contributed by atoms with van der Waals surface area (Å²) in [7, 11) is 3.11. The number of ether oxygens (including phenoxy) is 2. The molecule has 10 nitrogen and oxygen atoms in total. The predicted octanol–water partition coefficient (Wildman–Crippen LogP) is 5.19. The number of hydrogen-bond donors (Lipinski definition) is 2. The molecular formula is C28H28N4O6S. The third-order valence-electron chi connectivity index (χ3n) is 6.97. The number of carbonyl (C=O) groups is 1. The zero-order valence-electron chi connectivity index (χ0n) is 22.0. The summed E-state index contributed by atoms with van der Waals surface area (Å²) in [6, 6.07) is 11.6. The summed E-state index contributed by atoms with van der Waals surface area (Å²) in [6.45, 7) is 4.09. The minimum Gasteiger partial charge on any atom is -0.497 e. The zero-order valence-corrected chi connectivity index (χ0v) is 22.8. The maximum atomic E-state index is 13.6. The third kappa shape index (κ3) is 5.14. The maximum Gasteiger partial charge on any atom is 0.269 e. The SMILES string of the molecule is COc1ccc(OC)c([C@H]2C3=C(CC(C)(C)CC3=O)Nc3nc(SCc4ccc([N+](=O)[O-])cc4)[nH]c(=O)c32)c1. The van der Waals surface area contributed by atoms with Gasteiger partial charge in [-0.2, -0.15) is 0 Å². The van der Waals surface area contributed by atoms with Gasteiger partial charge in [0.1, 0.15) is 17.3 Å². The van der Waals surface area contributed by atoms with Crippen LogP contribution < -0.4 is 20.3 Å². The number of aromatic amines is 1. The highest BCUT2D eigenvalue weighted by Gasteiger charge is 2.43. The number of benzene rings is 2. The van der Waals surface area contributed by atoms with E-state index in [0.29, 0.717) is 57.8 Å². The van der Waals surface area contributed by atoms with Gasteiger partial charge in [-0.05, 0) is 35.6 Å². The van der Waals surface area contributed by atoms with Crippen molar-refractivity contribution >= 4 is 29.1 Å². The molecular weight excluding hydrogens is 520 g/mol. The Labute approximate surface area is 229 Å². The van der Waals surface area contributed by atoms with Gasteiger partial charge in [-0.1, -0.05) is 37.7 Å². The molecule has 0 saturated carbocycles. The number of hydrogen-bond acceptors (Lipinski definition) is 9. The number of Topliss-reactive ketones (excluding diaryl/α,β-unsaturated/α-hetero) is 1. The number of carbonyl (C=O) groups excluding carboxylic acids is 1. The standard InChI is InChI=1S/C28H28N4O6S/c1-28(2)12-19-23(20(33)13-28)22(18-11-17(37-3)9-10-21(18)38-4)24-25(29-19)30-27(31-26(24)34)39-14-15-5-7-16(8-6-15)32(35)36/h5-11,22H,12-14H2,1-4H3,(H2,29,30,31,34)/t22-/m0/s1. The molecule has 11 heteroatoms. The van der Waals surface area contributed by atoms with Crippen LogP contribution in [-0.2, 0) is 10.5 Å². The molecule has 2 aromatic carbocycles. The molecule has 0 radical (unpaired) electrons. The van der Waals surface area contributed by atoms with E-state index in [1.165, 1.54) is 23.9 Å². The molecule has 0 bridgehead atoms. The fraction of sp³-hybridized carbons (Fsp3) is 0.321. The molecule has 1 aliphatic carbocycles. The number of nitrogens with zero attached hydrogens (tertiary/aromatic N) is 2. The lowest BCUT2D eigenvalue weighted by Crippen LogP contribution is -2.37. The van der Waals surface area contributed by atoms with E-state index < -0.39 is 10.8 Å². The van der Waals surface area contributed by atoms with Crippen LogP contribution in [0.5, 0.6) is 11.5 Å². The number of thioether (sulfide) groups is 1. The number of H-pyrrole nitrogens is 1. The van der Waals surface area contributed by atoms with Crippen LogP contribution in [0, 0.1) is 15.5 Å². The Bertz CT molecular complexity index is 1560. The number of aromatic nitrogens is 2. The van der Waals surface area contributed by atoms with Gasteiger partial charge < -0.3 is 19.8 Å². The summed E-state index contributed by atoms with van der Waals surface area (Å²) in [4.78, 5) is 45.3. The van der Waals surface area contributed by atoms with Gasteiger partial charge in [-0.15, -0.1) is 0 Å². The highest BCUT2D eigenvalue weighted by Crippen LogP contribution is 2.49. The van der Waals surface area contributed by atoms with E-state index in [9.17, 15) is 19.7 Å². The molecule has 39 heavy (non-hydrogen) atoms. The Morgan fingerprint density at radius 1 is 1.10 bits per heavy atom. The molecule has 2 N–H and O–H groups in total. The van der Waals surface area contributed by atoms with Crippen LogP contribution in [0.15, 0.2) is 63.7 Å². The molecule has 0 saturated heterocycles. The summed E-state index contributed by atoms with van der Waals surface area (Å²) >= 11 is 1.31. The first-order valence-electron chi connectivity index (χ1n) is 12.4. The van der Waals surface area contributed by atoms with E-state index in [0.717, 1.165) is 11.3 Å². The van der Waals surface area contributed by atoms with E-state index in [-0.39, 0.29) is 22.4 Å². The van der Waals surface area contributed by atoms with Crippen molar-refractivity contribution in [1.29, 1.82) is 0 Å². The van der Waals surface area contributed by atoms with Crippen molar-refractivity contribution in [1.82, 2.24) is 9.97 Å². The van der Waals surface area contributed by atoms with Crippen LogP contribution in [0.3, 0.4) is 0 Å². The smallest absolute Gasteiger partial charge is 0.269 e. The maximum absolute atomic E-state index is 13.6. The first kappa shape index (κ1) is 26.5. The van der Waals surface area contributed by atoms with Crippen LogP contribution in [0.25, 0.3) is 0 Å². The first-order chi connectivity index (χ1) is 18.6. The first-order valence-corrected chi connectivity index (χ1v) is 13.3. The summed E-state index contributed by atoms with van der Waals surface area (Å²) < 4.78 is 11.1. The third-order valence-corrected chi connectivity index (χ3v) is 7.92. The van der Waals surface area contributed by atoms with Gasteiger partial charge in [0.25, 0.3) is 11.2 Å². The lowest BCUT2D eigenvalue weighted by molar-refractivity contribution is -0.384. The largest absolute Gasteiger partial charge is 0.497 e. The van der Waals surface area contributed by atoms with E-state index >= 15 is 0 Å². The number of fused-ring (bicyclic) bond motifs is 1. The molecule has 5 rings (SSSR count). The number of rotatable bonds is 7. The minimum absolute atomic E-state index is 0.0151. The summed E-state index contributed by atoms with van der Waals surface area (Å²) in [5.74, 6) is 1.25. The molecule has 1 aliphatic heterocycles. The highest BCUT2D eigenvalue weighted by atomic mass is 32.2. The van der Waals surface area contributed by atoms with Gasteiger partial charge in [-0.3, -0.25) is 19.7 Å². The molecule has 0 fully saturated rings. The molecule has 1 atom stereocenters. The van der Waals surface area contributed by atoms with Gasteiger partial charge in [-0.25, -0.2) is 4.98 Å². The minimum atomic E-state index is -0.685. The van der Waals surface area contributed by atoms with E-state index in [4.69, 9.17) is 14.5 Å². The Morgan fingerprint density at radius 2 is 1.85 bits per heavy atom. The van der Waals surface area contributed by atoms with Crippen LogP contribution in [-0.4, -0.2) is 34.9 Å². The van der Waals surface area contributed by atoms with Crippen molar-refractivity contribution in [3.05, 3.63) is 90.9 Å². The highest BCUT2D eigenvalue weighted by molar-refractivity contribution is 7.98. The van der Waals surface area contributed by atoms with E-state index in [1.807, 2.05) is 13.8 Å². The quantitative estimate of drug-likeness (QED) is 0.177. The number of non-ortho nitro benzene ring substituents is 1. The van der Waals surface area contributed by atoms with E-state index in [2.05, 4.69) is 10.3 Å². The van der Waals surface area contributed by atoms with Gasteiger partial charge >= 0.3 is 0 Å². The topological polar surface area (TPSA) is 136 Å². The number of nitro benzene ring substituents is 1. The number of allylic oxidation sites excluding steroid dienone is 2. The van der Waals surface area contributed by atoms with Gasteiger partial charge in [0.05, 0.1) is 30.6 Å². The van der Waals surface area contributed by atoms with Crippen molar-refractivity contribution in [3.8, 4) is 11.5 Å². The second-order valence-electron chi connectivity index (χ2n) is 10.3. The van der Waals surface area contributed by atoms with Crippen LogP contribution in [0.1, 0.15) is 49.3 Å². The molecule has 1 aromatic heterocycles. The van der Waals surface area contributed by atoms with Crippen molar-refractivity contribution < 1.29 is 19.2 Å². The molecule has 0 unspecified atom stereocenters. The average Bonchev–Trinajstić information content (AvgIpc) is 2.89. The predicted molar refractivity (Wildman–Crippen MR) is 148 cm³/mol. The second kappa shape index (κ2) is 10.2. The summed E-state index contributed by atoms with van der Waals surface area (Å²) in [5.41, 5.74) is 2.54. The number of nitro groups is 1. The fourth-order valence-electron chi connectivity index (χ4n) is 5.20. The van der Waals surface area contributed by atoms with Crippen LogP contribution in [0.4, 0.5) is 11.5 Å². The Balaban J connectivity index is 1.58. The van der Waals surface area contributed by atoms with Crippen molar-refractivity contribution in [2.75, 3.05) is 19.5 Å². The number of nitrogens with one attached hydrogen (secondary N) is 2. The lowest BCUT2D eigenvalue weighted by Gasteiger charge is -2.38. The fourth-order valence-corrected chi connectivity index (χ4v) is 6.02. The van der Waals surface area contributed by atoms with Crippen molar-refractivity contribution in [2.24, 2.45) is 5.41 Å². The van der Waals surface area contributed by atoms with Crippen LogP contribution >= 0.6 is 11.8 Å². The normalized spacial score (nSPS) is 17.6. The molecule has 0 spiro atoms. The molecule has 2 aliphatic rings. The molecule has 0 amide bonds. The Kier molecular flexibility index (Phi) is 6.94. The van der Waals surface area contributed by atoms with Crippen molar-refractivity contribution in [3.63, 3.8) is 0 Å². The van der Waals surface area contributed by atoms with Gasteiger partial charge in [0.2, 0.25) is 0 Å². The Morgan fingerprint density at radius 3 is 2.51 bits per heavy atom. The number of methoxy groups -OCH3 is 2. The summed E-state index contributed by atoms with van der Waals surface area (Å²) in [5, 5.41) is 14.6. The number of anilines is 1. The number of ketones is 1. The molecule has 3 aromatic rings. The van der Waals surface area contributed by atoms with Crippen molar-refractivity contribution in [2.45, 2.75) is 43.5 Å².